The summed E-state index contributed by atoms with van der Waals surface area (Å²) < 4.78 is 11.1. The molecule has 240 valence electrons. The van der Waals surface area contributed by atoms with Crippen LogP contribution in [0.25, 0.3) is 0 Å². The Morgan fingerprint density at radius 3 is 2.26 bits per heavy atom. The summed E-state index contributed by atoms with van der Waals surface area (Å²) in [6, 6.07) is 0. The highest BCUT2D eigenvalue weighted by Gasteiger charge is 2.71. The molecule has 0 spiro atoms. The molecule has 4 N–H and O–H groups in total. The second kappa shape index (κ2) is 11.8. The van der Waals surface area contributed by atoms with Crippen LogP contribution in [0.2, 0.25) is 0 Å². The number of hydrogen-bond acceptors (Lipinski definition) is 5. The van der Waals surface area contributed by atoms with E-state index in [1.54, 1.807) is 0 Å². The lowest BCUT2D eigenvalue weighted by atomic mass is 9.32. The second-order valence-corrected chi connectivity index (χ2v) is 16.5. The highest BCUT2D eigenvalue weighted by molar-refractivity contribution is 5.83. The zero-order valence-corrected chi connectivity index (χ0v) is 27.7. The van der Waals surface area contributed by atoms with Crippen molar-refractivity contribution in [2.24, 2.45) is 62.4 Å². The number of fused-ring (bicyclic) bond motifs is 7. The van der Waals surface area contributed by atoms with Gasteiger partial charge in [0.25, 0.3) is 0 Å². The zero-order chi connectivity index (χ0) is 30.6. The van der Waals surface area contributed by atoms with Crippen LogP contribution in [0.5, 0.6) is 0 Å². The number of aliphatic hydroxyl groups excluding tert-OH is 1. The molecule has 0 unspecified atom stereocenters. The average molecular weight is 587 g/mol. The van der Waals surface area contributed by atoms with Crippen molar-refractivity contribution in [3.63, 3.8) is 0 Å². The fourth-order valence-electron chi connectivity index (χ4n) is 12.3. The SMILES string of the molecule is C=C(C)[C@@H]1CC[C@]2(C(=O)NCCOCCOCCN)CC[C@]3(C)[C@H](CC[C@@H]4[C@@]5(C)CC[C@H](O)C(C)(C)[C@@H]5CC[C@]43C)[C@@H]12. The summed E-state index contributed by atoms with van der Waals surface area (Å²) in [5, 5.41) is 14.4. The van der Waals surface area contributed by atoms with E-state index in [-0.39, 0.29) is 39.1 Å². The maximum Gasteiger partial charge on any atom is 0.226 e. The second-order valence-electron chi connectivity index (χ2n) is 16.5. The molecule has 0 aromatic rings. The van der Waals surface area contributed by atoms with Gasteiger partial charge in [0.1, 0.15) is 0 Å². The smallest absolute Gasteiger partial charge is 0.226 e. The van der Waals surface area contributed by atoms with E-state index in [9.17, 15) is 9.90 Å². The Hall–Kier alpha value is -0.950. The molecule has 0 aromatic heterocycles. The standard InChI is InChI=1S/C36H62N2O4/c1-24(2)25-10-15-36(31(40)38-19-21-42-23-22-41-20-18-37)17-16-34(6)26(30(25)36)8-9-28-33(5)13-12-29(39)32(3,4)27(33)11-14-35(28,34)7/h25-30,39H,1,8-23,37H2,2-7H3,(H,38,40)/t25-,26+,27-,28+,29-,30+,33-,34+,35+,36-/m0/s1. The van der Waals surface area contributed by atoms with Gasteiger partial charge in [0.2, 0.25) is 5.91 Å². The van der Waals surface area contributed by atoms with Gasteiger partial charge in [-0.1, -0.05) is 46.8 Å². The molecule has 0 radical (unpaired) electrons. The van der Waals surface area contributed by atoms with Crippen LogP contribution in [0, 0.1) is 56.7 Å². The summed E-state index contributed by atoms with van der Waals surface area (Å²) in [4.78, 5) is 14.2. The van der Waals surface area contributed by atoms with E-state index in [2.05, 4.69) is 53.4 Å². The van der Waals surface area contributed by atoms with Crippen LogP contribution in [-0.4, -0.2) is 56.6 Å². The zero-order valence-electron chi connectivity index (χ0n) is 27.7. The van der Waals surface area contributed by atoms with Gasteiger partial charge in [-0.2, -0.15) is 0 Å². The number of nitrogens with two attached hydrogens (primary N) is 1. The monoisotopic (exact) mass is 586 g/mol. The predicted octanol–water partition coefficient (Wildman–Crippen LogP) is 6.11. The number of carbonyl (C=O) groups excluding carboxylic acids is 1. The molecule has 5 aliphatic carbocycles. The van der Waals surface area contributed by atoms with Gasteiger partial charge in [-0.25, -0.2) is 0 Å². The number of allylic oxidation sites excluding steroid dienone is 1. The van der Waals surface area contributed by atoms with Crippen molar-refractivity contribution in [3.05, 3.63) is 12.2 Å². The van der Waals surface area contributed by atoms with E-state index in [4.69, 9.17) is 15.2 Å². The molecule has 0 saturated heterocycles. The summed E-state index contributed by atoms with van der Waals surface area (Å²) >= 11 is 0. The van der Waals surface area contributed by atoms with Crippen molar-refractivity contribution in [3.8, 4) is 0 Å². The molecule has 0 aliphatic heterocycles. The number of hydrogen-bond donors (Lipinski definition) is 3. The van der Waals surface area contributed by atoms with E-state index >= 15 is 0 Å². The van der Waals surface area contributed by atoms with Crippen LogP contribution in [0.15, 0.2) is 12.2 Å². The third kappa shape index (κ3) is 4.84. The molecule has 0 bridgehead atoms. The van der Waals surface area contributed by atoms with Crippen LogP contribution in [0.1, 0.15) is 106 Å². The molecule has 6 heteroatoms. The highest BCUT2D eigenvalue weighted by atomic mass is 16.5. The van der Waals surface area contributed by atoms with E-state index in [0.717, 1.165) is 38.5 Å². The van der Waals surface area contributed by atoms with Gasteiger partial charge in [0.15, 0.2) is 0 Å². The molecular weight excluding hydrogens is 524 g/mol. The summed E-state index contributed by atoms with van der Waals surface area (Å²) in [7, 11) is 0. The highest BCUT2D eigenvalue weighted by Crippen LogP contribution is 2.77. The average Bonchev–Trinajstić information content (AvgIpc) is 3.34. The number of rotatable bonds is 10. The molecular formula is C36H62N2O4. The number of aliphatic hydroxyl groups is 1. The molecule has 6 nitrogen and oxygen atoms in total. The first-order chi connectivity index (χ1) is 19.8. The minimum Gasteiger partial charge on any atom is -0.393 e. The lowest BCUT2D eigenvalue weighted by Gasteiger charge is -2.72. The quantitative estimate of drug-likeness (QED) is 0.212. The molecule has 1 amide bonds. The molecule has 0 aromatic carbocycles. The third-order valence-electron chi connectivity index (χ3n) is 14.7. The Labute approximate surface area is 256 Å². The summed E-state index contributed by atoms with van der Waals surface area (Å²) in [6.45, 7) is 22.4. The van der Waals surface area contributed by atoms with E-state index in [0.29, 0.717) is 69.1 Å². The Bertz CT molecular complexity index is 1010. The minimum atomic E-state index is -0.292. The first kappa shape index (κ1) is 32.4. The van der Waals surface area contributed by atoms with Gasteiger partial charge < -0.3 is 25.6 Å². The van der Waals surface area contributed by atoms with Crippen molar-refractivity contribution >= 4 is 5.91 Å². The largest absolute Gasteiger partial charge is 0.393 e. The first-order valence-electron chi connectivity index (χ1n) is 17.3. The number of carbonyl (C=O) groups is 1. The summed E-state index contributed by atoms with van der Waals surface area (Å²) in [5.74, 6) is 2.84. The van der Waals surface area contributed by atoms with Crippen molar-refractivity contribution in [2.75, 3.05) is 39.5 Å². The van der Waals surface area contributed by atoms with Gasteiger partial charge in [-0.15, -0.1) is 0 Å². The van der Waals surface area contributed by atoms with E-state index in [1.165, 1.54) is 31.3 Å². The normalized spacial score (nSPS) is 45.7. The van der Waals surface area contributed by atoms with Crippen LogP contribution in [0.3, 0.4) is 0 Å². The van der Waals surface area contributed by atoms with Crippen LogP contribution >= 0.6 is 0 Å². The van der Waals surface area contributed by atoms with Crippen molar-refractivity contribution in [1.29, 1.82) is 0 Å². The van der Waals surface area contributed by atoms with Crippen molar-refractivity contribution in [1.82, 2.24) is 5.32 Å². The van der Waals surface area contributed by atoms with Gasteiger partial charge in [-0.3, -0.25) is 4.79 Å². The Morgan fingerprint density at radius 2 is 1.57 bits per heavy atom. The predicted molar refractivity (Wildman–Crippen MR) is 169 cm³/mol. The number of nitrogens with one attached hydrogen (secondary N) is 1. The molecule has 5 rings (SSSR count). The maximum atomic E-state index is 14.2. The van der Waals surface area contributed by atoms with Gasteiger partial charge in [-0.05, 0) is 122 Å². The molecule has 0 heterocycles. The van der Waals surface area contributed by atoms with Crippen molar-refractivity contribution < 1.29 is 19.4 Å². The van der Waals surface area contributed by atoms with E-state index < -0.39 is 0 Å². The summed E-state index contributed by atoms with van der Waals surface area (Å²) in [5.41, 5.74) is 7.16. The first-order valence-corrected chi connectivity index (χ1v) is 17.3. The molecule has 5 saturated carbocycles. The lowest BCUT2D eigenvalue weighted by molar-refractivity contribution is -0.246. The Morgan fingerprint density at radius 1 is 0.857 bits per heavy atom. The number of amides is 1. The molecule has 42 heavy (non-hydrogen) atoms. The fraction of sp³-hybridized carbons (Fsp3) is 0.917. The van der Waals surface area contributed by atoms with Crippen LogP contribution < -0.4 is 11.1 Å². The lowest BCUT2D eigenvalue weighted by Crippen LogP contribution is -2.67. The molecule has 5 fully saturated rings. The van der Waals surface area contributed by atoms with Crippen molar-refractivity contribution in [2.45, 2.75) is 112 Å². The topological polar surface area (TPSA) is 93.8 Å². The van der Waals surface area contributed by atoms with Crippen LogP contribution in [0.4, 0.5) is 0 Å². The van der Waals surface area contributed by atoms with Gasteiger partial charge >= 0.3 is 0 Å². The van der Waals surface area contributed by atoms with Gasteiger partial charge in [0.05, 0.1) is 37.9 Å². The van der Waals surface area contributed by atoms with Crippen LogP contribution in [-0.2, 0) is 14.3 Å². The fourth-order valence-corrected chi connectivity index (χ4v) is 12.3. The summed E-state index contributed by atoms with van der Waals surface area (Å²) in [6.07, 6.45) is 11.0. The minimum absolute atomic E-state index is 0.0242. The van der Waals surface area contributed by atoms with Gasteiger partial charge in [0, 0.05) is 13.1 Å². The Balaban J connectivity index is 1.36. The Kier molecular flexibility index (Phi) is 9.09. The van der Waals surface area contributed by atoms with E-state index in [1.807, 2.05) is 0 Å². The molecule has 5 aliphatic rings. The molecule has 10 atom stereocenters. The third-order valence-corrected chi connectivity index (χ3v) is 14.7. The maximum absolute atomic E-state index is 14.2. The number of ether oxygens (including phenoxy) is 2.